The summed E-state index contributed by atoms with van der Waals surface area (Å²) in [5, 5.41) is 8.98. The Hall–Kier alpha value is -1.40. The summed E-state index contributed by atoms with van der Waals surface area (Å²) in [6, 6.07) is 1.89. The highest BCUT2D eigenvalue weighted by Gasteiger charge is 2.20. The SMILES string of the molecule is Cc1cc(N2CCN(CC(=O)O)CC2)nc(Cl)n1. The lowest BCUT2D eigenvalue weighted by molar-refractivity contribution is -0.138. The number of carboxylic acid groups (broad SMARTS) is 1. The molecule has 1 aromatic rings. The molecule has 0 spiro atoms. The Morgan fingerprint density at radius 1 is 1.39 bits per heavy atom. The highest BCUT2D eigenvalue weighted by Crippen LogP contribution is 2.16. The number of aliphatic carboxylic acids is 1. The van der Waals surface area contributed by atoms with Crippen molar-refractivity contribution in [2.45, 2.75) is 6.92 Å². The van der Waals surface area contributed by atoms with Gasteiger partial charge in [-0.05, 0) is 18.5 Å². The van der Waals surface area contributed by atoms with Crippen molar-refractivity contribution in [2.24, 2.45) is 0 Å². The largest absolute Gasteiger partial charge is 0.480 e. The monoisotopic (exact) mass is 270 g/mol. The molecular weight excluding hydrogens is 256 g/mol. The molecular formula is C11H15ClN4O2. The normalized spacial score (nSPS) is 16.9. The molecule has 1 fully saturated rings. The number of carboxylic acids is 1. The van der Waals surface area contributed by atoms with Gasteiger partial charge < -0.3 is 10.0 Å². The van der Waals surface area contributed by atoms with Crippen LogP contribution in [0.5, 0.6) is 0 Å². The Kier molecular flexibility index (Phi) is 3.98. The first-order chi connectivity index (χ1) is 8.54. The Morgan fingerprint density at radius 2 is 2.06 bits per heavy atom. The van der Waals surface area contributed by atoms with Crippen LogP contribution in [-0.4, -0.2) is 58.7 Å². The zero-order valence-corrected chi connectivity index (χ0v) is 10.9. The third-order valence-electron chi connectivity index (χ3n) is 2.87. The highest BCUT2D eigenvalue weighted by molar-refractivity contribution is 6.28. The van der Waals surface area contributed by atoms with Gasteiger partial charge in [0.25, 0.3) is 0 Å². The van der Waals surface area contributed by atoms with Gasteiger partial charge in [0.15, 0.2) is 0 Å². The van der Waals surface area contributed by atoms with Gasteiger partial charge in [-0.2, -0.15) is 0 Å². The lowest BCUT2D eigenvalue weighted by Gasteiger charge is -2.34. The van der Waals surface area contributed by atoms with Gasteiger partial charge in [0.2, 0.25) is 5.28 Å². The van der Waals surface area contributed by atoms with Crippen LogP contribution >= 0.6 is 11.6 Å². The number of anilines is 1. The molecule has 6 nitrogen and oxygen atoms in total. The molecule has 98 valence electrons. The topological polar surface area (TPSA) is 69.6 Å². The van der Waals surface area contributed by atoms with Crippen molar-refractivity contribution in [1.82, 2.24) is 14.9 Å². The maximum absolute atomic E-state index is 10.6. The summed E-state index contributed by atoms with van der Waals surface area (Å²) in [6.45, 7) is 4.90. The summed E-state index contributed by atoms with van der Waals surface area (Å²) in [5.41, 5.74) is 0.831. The molecule has 1 N–H and O–H groups in total. The van der Waals surface area contributed by atoms with E-state index in [1.54, 1.807) is 0 Å². The van der Waals surface area contributed by atoms with E-state index in [4.69, 9.17) is 16.7 Å². The Balaban J connectivity index is 1.98. The molecule has 0 bridgehead atoms. The number of hydrogen-bond acceptors (Lipinski definition) is 5. The van der Waals surface area contributed by atoms with E-state index in [1.165, 1.54) is 0 Å². The second-order valence-electron chi connectivity index (χ2n) is 4.29. The number of aromatic nitrogens is 2. The number of aryl methyl sites for hydroxylation is 1. The smallest absolute Gasteiger partial charge is 0.317 e. The van der Waals surface area contributed by atoms with Gasteiger partial charge in [0.1, 0.15) is 5.82 Å². The van der Waals surface area contributed by atoms with E-state index in [9.17, 15) is 4.79 Å². The molecule has 0 amide bonds. The maximum Gasteiger partial charge on any atom is 0.317 e. The Labute approximate surface area is 110 Å². The number of nitrogens with zero attached hydrogens (tertiary/aromatic N) is 4. The molecule has 7 heteroatoms. The van der Waals surface area contributed by atoms with E-state index in [0.717, 1.165) is 24.6 Å². The molecule has 2 heterocycles. The van der Waals surface area contributed by atoms with Crippen molar-refractivity contribution < 1.29 is 9.90 Å². The van der Waals surface area contributed by atoms with E-state index in [0.29, 0.717) is 13.1 Å². The summed E-state index contributed by atoms with van der Waals surface area (Å²) < 4.78 is 0. The molecule has 0 aromatic carbocycles. The standard InChI is InChI=1S/C11H15ClN4O2/c1-8-6-9(14-11(12)13-8)16-4-2-15(3-5-16)7-10(17)18/h6H,2-5,7H2,1H3,(H,17,18). The van der Waals surface area contributed by atoms with Crippen LogP contribution in [0.4, 0.5) is 5.82 Å². The Morgan fingerprint density at radius 3 is 2.61 bits per heavy atom. The Bertz CT molecular complexity index is 426. The first-order valence-corrected chi connectivity index (χ1v) is 6.12. The molecule has 1 aliphatic rings. The lowest BCUT2D eigenvalue weighted by atomic mass is 10.3. The van der Waals surface area contributed by atoms with Gasteiger partial charge in [-0.1, -0.05) is 0 Å². The van der Waals surface area contributed by atoms with E-state index in [2.05, 4.69) is 14.9 Å². The van der Waals surface area contributed by atoms with E-state index >= 15 is 0 Å². The van der Waals surface area contributed by atoms with Gasteiger partial charge in [0, 0.05) is 37.9 Å². The number of carbonyl (C=O) groups is 1. The molecule has 0 unspecified atom stereocenters. The van der Waals surface area contributed by atoms with Crippen LogP contribution in [0.3, 0.4) is 0 Å². The fraction of sp³-hybridized carbons (Fsp3) is 0.545. The van der Waals surface area contributed by atoms with Crippen molar-refractivity contribution in [1.29, 1.82) is 0 Å². The van der Waals surface area contributed by atoms with Crippen LogP contribution in [0.15, 0.2) is 6.07 Å². The second-order valence-corrected chi connectivity index (χ2v) is 4.63. The average Bonchev–Trinajstić information content (AvgIpc) is 2.27. The summed E-state index contributed by atoms with van der Waals surface area (Å²) in [5.74, 6) is 0.0202. The fourth-order valence-corrected chi connectivity index (χ4v) is 2.22. The number of rotatable bonds is 3. The predicted octanol–water partition coefficient (Wildman–Crippen LogP) is 0.645. The zero-order valence-electron chi connectivity index (χ0n) is 10.1. The lowest BCUT2D eigenvalue weighted by Crippen LogP contribution is -2.48. The molecule has 0 atom stereocenters. The van der Waals surface area contributed by atoms with Crippen molar-refractivity contribution in [3.05, 3.63) is 17.0 Å². The molecule has 2 rings (SSSR count). The summed E-state index contributed by atoms with van der Waals surface area (Å²) in [7, 11) is 0. The van der Waals surface area contributed by atoms with Crippen LogP contribution in [0.1, 0.15) is 5.69 Å². The zero-order chi connectivity index (χ0) is 13.1. The first kappa shape index (κ1) is 13.0. The molecule has 0 aliphatic carbocycles. The molecule has 1 aromatic heterocycles. The maximum atomic E-state index is 10.6. The molecule has 0 radical (unpaired) electrons. The van der Waals surface area contributed by atoms with Crippen LogP contribution in [-0.2, 0) is 4.79 Å². The quantitative estimate of drug-likeness (QED) is 0.813. The minimum atomic E-state index is -0.788. The van der Waals surface area contributed by atoms with Crippen molar-refractivity contribution in [2.75, 3.05) is 37.6 Å². The number of hydrogen-bond donors (Lipinski definition) is 1. The fourth-order valence-electron chi connectivity index (χ4n) is 2.00. The summed E-state index contributed by atoms with van der Waals surface area (Å²) in [6.07, 6.45) is 0. The van der Waals surface area contributed by atoms with Crippen LogP contribution in [0.25, 0.3) is 0 Å². The van der Waals surface area contributed by atoms with Crippen LogP contribution in [0, 0.1) is 6.92 Å². The molecule has 1 saturated heterocycles. The molecule has 1 aliphatic heterocycles. The van der Waals surface area contributed by atoms with Crippen LogP contribution < -0.4 is 4.90 Å². The van der Waals surface area contributed by atoms with Crippen molar-refractivity contribution in [3.8, 4) is 0 Å². The van der Waals surface area contributed by atoms with E-state index < -0.39 is 5.97 Å². The van der Waals surface area contributed by atoms with Gasteiger partial charge >= 0.3 is 5.97 Å². The van der Waals surface area contributed by atoms with Gasteiger partial charge in [-0.3, -0.25) is 9.69 Å². The summed E-state index contributed by atoms with van der Waals surface area (Å²) >= 11 is 5.83. The second kappa shape index (κ2) is 5.49. The minimum absolute atomic E-state index is 0.0946. The van der Waals surface area contributed by atoms with Crippen molar-refractivity contribution in [3.63, 3.8) is 0 Å². The van der Waals surface area contributed by atoms with E-state index in [1.807, 2.05) is 17.9 Å². The third kappa shape index (κ3) is 3.30. The van der Waals surface area contributed by atoms with Gasteiger partial charge in [0.05, 0.1) is 6.54 Å². The van der Waals surface area contributed by atoms with E-state index in [-0.39, 0.29) is 11.8 Å². The summed E-state index contributed by atoms with van der Waals surface area (Å²) in [4.78, 5) is 22.8. The first-order valence-electron chi connectivity index (χ1n) is 5.75. The van der Waals surface area contributed by atoms with Crippen LogP contribution in [0.2, 0.25) is 5.28 Å². The number of halogens is 1. The molecule has 18 heavy (non-hydrogen) atoms. The third-order valence-corrected chi connectivity index (χ3v) is 3.04. The van der Waals surface area contributed by atoms with Gasteiger partial charge in [-0.15, -0.1) is 0 Å². The highest BCUT2D eigenvalue weighted by atomic mass is 35.5. The average molecular weight is 271 g/mol. The minimum Gasteiger partial charge on any atom is -0.480 e. The molecule has 0 saturated carbocycles. The van der Waals surface area contributed by atoms with Crippen molar-refractivity contribution >= 4 is 23.4 Å². The van der Waals surface area contributed by atoms with Gasteiger partial charge in [-0.25, -0.2) is 9.97 Å². The predicted molar refractivity (Wildman–Crippen MR) is 68.1 cm³/mol. The number of piperazine rings is 1.